The van der Waals surface area contributed by atoms with Crippen molar-refractivity contribution in [2.75, 3.05) is 0 Å². The molecule has 0 amide bonds. The SMILES string of the molecule is C=C/C=C\C=C\c1cc(-c2nc(-c3ccccc3)nc(C3C=CC=CC3)n2)cc(-c2ccccc2)c1-n1c2ccccc2c2c3sc4c(ccc5sc6ccccc6c54)c3ccc21. The summed E-state index contributed by atoms with van der Waals surface area (Å²) >= 11 is 3.81. The van der Waals surface area contributed by atoms with Crippen LogP contribution in [0.25, 0.3) is 108 Å². The van der Waals surface area contributed by atoms with E-state index >= 15 is 0 Å². The molecule has 0 aliphatic heterocycles. The fourth-order valence-electron chi connectivity index (χ4n) is 9.27. The lowest BCUT2D eigenvalue weighted by atomic mass is 9.95. The van der Waals surface area contributed by atoms with Gasteiger partial charge in [-0.05, 0) is 53.9 Å². The zero-order valence-corrected chi connectivity index (χ0v) is 35.8. The summed E-state index contributed by atoms with van der Waals surface area (Å²) in [6.07, 6.45) is 19.5. The molecule has 0 saturated carbocycles. The molecule has 0 spiro atoms. The number of allylic oxidation sites excluding steroid dienone is 8. The highest BCUT2D eigenvalue weighted by Gasteiger charge is 2.24. The van der Waals surface area contributed by atoms with E-state index < -0.39 is 0 Å². The van der Waals surface area contributed by atoms with Gasteiger partial charge >= 0.3 is 0 Å². The maximum atomic E-state index is 5.26. The molecule has 298 valence electrons. The van der Waals surface area contributed by atoms with E-state index in [1.807, 2.05) is 53.0 Å². The highest BCUT2D eigenvalue weighted by Crippen LogP contribution is 2.49. The van der Waals surface area contributed by atoms with Crippen LogP contribution in [-0.4, -0.2) is 19.5 Å². The van der Waals surface area contributed by atoms with Crippen LogP contribution in [0.15, 0.2) is 201 Å². The van der Waals surface area contributed by atoms with Crippen LogP contribution in [-0.2, 0) is 0 Å². The standard InChI is InChI=1S/C57H38N4S2/c1-2-3-4-8-25-39-34-40(57-59-55(37-21-11-6-12-22-37)58-56(60-57)38-23-13-7-14-24-38)35-45(36-19-9-5-10-20-36)52(39)61-46-28-17-15-26-43(46)50-47(61)32-30-41-42-31-33-49-51(54(42)63-53(41)50)44-27-16-18-29-48(44)62-49/h2-23,25-35,38H,1,24H2/b4-3-,25-8+. The molecule has 1 atom stereocenters. The lowest BCUT2D eigenvalue weighted by Crippen LogP contribution is -2.08. The molecular weight excluding hydrogens is 805 g/mol. The van der Waals surface area contributed by atoms with Crippen molar-refractivity contribution in [3.8, 4) is 39.6 Å². The van der Waals surface area contributed by atoms with Gasteiger partial charge in [-0.1, -0.05) is 170 Å². The topological polar surface area (TPSA) is 43.6 Å². The van der Waals surface area contributed by atoms with Crippen molar-refractivity contribution in [1.82, 2.24) is 19.5 Å². The van der Waals surface area contributed by atoms with Crippen molar-refractivity contribution in [3.63, 3.8) is 0 Å². The lowest BCUT2D eigenvalue weighted by molar-refractivity contribution is 0.764. The van der Waals surface area contributed by atoms with Gasteiger partial charge in [0.25, 0.3) is 0 Å². The summed E-state index contributed by atoms with van der Waals surface area (Å²) in [6.45, 7) is 3.93. The molecule has 1 aliphatic rings. The summed E-state index contributed by atoms with van der Waals surface area (Å²) in [5, 5.41) is 7.79. The van der Waals surface area contributed by atoms with Crippen molar-refractivity contribution in [3.05, 3.63) is 212 Å². The number of benzene rings is 7. The van der Waals surface area contributed by atoms with Gasteiger partial charge in [0.05, 0.1) is 16.7 Å². The van der Waals surface area contributed by atoms with E-state index in [1.54, 1.807) is 6.08 Å². The van der Waals surface area contributed by atoms with Crippen molar-refractivity contribution < 1.29 is 0 Å². The number of thiophene rings is 2. The van der Waals surface area contributed by atoms with Gasteiger partial charge in [0.15, 0.2) is 11.6 Å². The monoisotopic (exact) mass is 842 g/mol. The van der Waals surface area contributed by atoms with Gasteiger partial charge in [0, 0.05) is 73.7 Å². The third-order valence-corrected chi connectivity index (χ3v) is 14.5. The molecule has 0 saturated heterocycles. The minimum absolute atomic E-state index is 0.0494. The van der Waals surface area contributed by atoms with Crippen LogP contribution in [0.4, 0.5) is 0 Å². The minimum Gasteiger partial charge on any atom is -0.308 e. The molecular formula is C57H38N4S2. The Bertz CT molecular complexity index is 3730. The quantitative estimate of drug-likeness (QED) is 0.143. The third kappa shape index (κ3) is 6.29. The molecule has 4 nitrogen and oxygen atoms in total. The maximum absolute atomic E-state index is 5.26. The fraction of sp³-hybridized carbons (Fsp3) is 0.0351. The van der Waals surface area contributed by atoms with Crippen LogP contribution in [0.2, 0.25) is 0 Å². The first-order valence-corrected chi connectivity index (χ1v) is 22.9. The highest BCUT2D eigenvalue weighted by atomic mass is 32.1. The summed E-state index contributed by atoms with van der Waals surface area (Å²) in [5.41, 5.74) is 8.49. The van der Waals surface area contributed by atoms with E-state index in [1.165, 1.54) is 51.1 Å². The molecule has 12 rings (SSSR count). The van der Waals surface area contributed by atoms with E-state index in [-0.39, 0.29) is 5.92 Å². The van der Waals surface area contributed by atoms with Crippen LogP contribution in [0.1, 0.15) is 23.7 Å². The molecule has 1 aliphatic carbocycles. The largest absolute Gasteiger partial charge is 0.308 e. The summed E-state index contributed by atoms with van der Waals surface area (Å²) in [4.78, 5) is 15.6. The van der Waals surface area contributed by atoms with E-state index in [0.717, 1.165) is 56.8 Å². The minimum atomic E-state index is 0.0494. The number of hydrogen-bond acceptors (Lipinski definition) is 5. The van der Waals surface area contributed by atoms with Gasteiger partial charge in [-0.3, -0.25) is 0 Å². The number of hydrogen-bond donors (Lipinski definition) is 0. The Labute approximate surface area is 372 Å². The summed E-state index contributed by atoms with van der Waals surface area (Å²) in [6, 6.07) is 52.5. The Hall–Kier alpha value is -7.51. The van der Waals surface area contributed by atoms with Crippen molar-refractivity contribution >= 4 is 90.9 Å². The summed E-state index contributed by atoms with van der Waals surface area (Å²) < 4.78 is 7.80. The second-order valence-corrected chi connectivity index (χ2v) is 18.0. The molecule has 7 aromatic carbocycles. The van der Waals surface area contributed by atoms with Gasteiger partial charge in [-0.15, -0.1) is 22.7 Å². The molecule has 4 aromatic heterocycles. The highest BCUT2D eigenvalue weighted by molar-refractivity contribution is 7.30. The van der Waals surface area contributed by atoms with E-state index in [2.05, 4.69) is 175 Å². The normalized spacial score (nSPS) is 14.3. The number of para-hydroxylation sites is 1. The zero-order valence-electron chi connectivity index (χ0n) is 34.1. The molecule has 0 bridgehead atoms. The lowest BCUT2D eigenvalue weighted by Gasteiger charge is -2.20. The maximum Gasteiger partial charge on any atom is 0.163 e. The van der Waals surface area contributed by atoms with Crippen molar-refractivity contribution in [2.24, 2.45) is 0 Å². The average molecular weight is 843 g/mol. The third-order valence-electron chi connectivity index (χ3n) is 12.1. The van der Waals surface area contributed by atoms with Crippen molar-refractivity contribution in [1.29, 1.82) is 0 Å². The first kappa shape index (κ1) is 37.3. The Morgan fingerprint density at radius 1 is 0.556 bits per heavy atom. The van der Waals surface area contributed by atoms with Gasteiger partial charge < -0.3 is 4.57 Å². The molecule has 11 aromatic rings. The Balaban J connectivity index is 1.16. The first-order valence-electron chi connectivity index (χ1n) is 21.2. The van der Waals surface area contributed by atoms with Gasteiger partial charge in [-0.25, -0.2) is 15.0 Å². The summed E-state index contributed by atoms with van der Waals surface area (Å²) in [5.74, 6) is 2.12. The number of fused-ring (bicyclic) bond motifs is 11. The second-order valence-electron chi connectivity index (χ2n) is 15.9. The smallest absolute Gasteiger partial charge is 0.163 e. The second kappa shape index (κ2) is 15.4. The molecule has 63 heavy (non-hydrogen) atoms. The molecule has 1 unspecified atom stereocenters. The zero-order chi connectivity index (χ0) is 41.9. The van der Waals surface area contributed by atoms with Crippen LogP contribution < -0.4 is 0 Å². The molecule has 0 fully saturated rings. The van der Waals surface area contributed by atoms with Crippen LogP contribution in [0.5, 0.6) is 0 Å². The molecule has 6 heteroatoms. The fourth-order valence-corrected chi connectivity index (χ4v) is 11.9. The Morgan fingerprint density at radius 3 is 2.06 bits per heavy atom. The van der Waals surface area contributed by atoms with Crippen molar-refractivity contribution in [2.45, 2.75) is 12.3 Å². The van der Waals surface area contributed by atoms with E-state index in [0.29, 0.717) is 11.6 Å². The predicted octanol–water partition coefficient (Wildman–Crippen LogP) is 16.1. The predicted molar refractivity (Wildman–Crippen MR) is 270 cm³/mol. The number of rotatable bonds is 8. The number of nitrogens with zero attached hydrogens (tertiary/aromatic N) is 4. The van der Waals surface area contributed by atoms with Crippen LogP contribution in [0.3, 0.4) is 0 Å². The number of aromatic nitrogens is 4. The first-order chi connectivity index (χ1) is 31.2. The van der Waals surface area contributed by atoms with E-state index in [9.17, 15) is 0 Å². The molecule has 0 radical (unpaired) electrons. The molecule has 0 N–H and O–H groups in total. The Morgan fingerprint density at radius 2 is 1.27 bits per heavy atom. The van der Waals surface area contributed by atoms with Gasteiger partial charge in [0.2, 0.25) is 0 Å². The van der Waals surface area contributed by atoms with E-state index in [4.69, 9.17) is 15.0 Å². The van der Waals surface area contributed by atoms with Crippen LogP contribution >= 0.6 is 22.7 Å². The van der Waals surface area contributed by atoms with Gasteiger partial charge in [0.1, 0.15) is 5.82 Å². The van der Waals surface area contributed by atoms with Crippen LogP contribution in [0, 0.1) is 0 Å². The summed E-state index contributed by atoms with van der Waals surface area (Å²) in [7, 11) is 0. The molecule has 4 heterocycles. The average Bonchev–Trinajstić information content (AvgIpc) is 4.03. The van der Waals surface area contributed by atoms with Gasteiger partial charge in [-0.2, -0.15) is 0 Å². The Kier molecular flexibility index (Phi) is 9.13.